The highest BCUT2D eigenvalue weighted by molar-refractivity contribution is 9.10. The number of anilines is 1. The SMILES string of the molecule is COc1cc(OC)c(/C=N\Nc2nc(C)cc(C)n2)cc1Br. The van der Waals surface area contributed by atoms with Crippen LogP contribution in [0, 0.1) is 13.8 Å². The summed E-state index contributed by atoms with van der Waals surface area (Å²) in [5.41, 5.74) is 5.39. The van der Waals surface area contributed by atoms with Gasteiger partial charge in [-0.1, -0.05) is 0 Å². The Morgan fingerprint density at radius 3 is 2.27 bits per heavy atom. The number of ether oxygens (including phenoxy) is 2. The Hall–Kier alpha value is -2.15. The van der Waals surface area contributed by atoms with Crippen molar-refractivity contribution in [1.29, 1.82) is 0 Å². The average molecular weight is 365 g/mol. The Balaban J connectivity index is 2.20. The summed E-state index contributed by atoms with van der Waals surface area (Å²) in [6, 6.07) is 5.56. The van der Waals surface area contributed by atoms with Crippen molar-refractivity contribution in [3.63, 3.8) is 0 Å². The molecule has 22 heavy (non-hydrogen) atoms. The van der Waals surface area contributed by atoms with Gasteiger partial charge >= 0.3 is 0 Å². The Morgan fingerprint density at radius 1 is 1.05 bits per heavy atom. The van der Waals surface area contributed by atoms with Crippen LogP contribution in [0.2, 0.25) is 0 Å². The largest absolute Gasteiger partial charge is 0.496 e. The average Bonchev–Trinajstić information content (AvgIpc) is 2.46. The second kappa shape index (κ2) is 7.22. The Labute approximate surface area is 137 Å². The third-order valence-electron chi connectivity index (χ3n) is 2.85. The van der Waals surface area contributed by atoms with Crippen LogP contribution in [0.3, 0.4) is 0 Å². The normalized spacial score (nSPS) is 10.8. The maximum atomic E-state index is 5.33. The summed E-state index contributed by atoms with van der Waals surface area (Å²) in [5, 5.41) is 4.16. The highest BCUT2D eigenvalue weighted by atomic mass is 79.9. The van der Waals surface area contributed by atoms with Crippen molar-refractivity contribution >= 4 is 28.1 Å². The molecule has 0 radical (unpaired) electrons. The third kappa shape index (κ3) is 3.94. The molecule has 0 fully saturated rings. The number of rotatable bonds is 5. The molecule has 0 saturated carbocycles. The lowest BCUT2D eigenvalue weighted by Crippen LogP contribution is -2.00. The van der Waals surface area contributed by atoms with Crippen LogP contribution in [0.15, 0.2) is 27.8 Å². The fourth-order valence-electron chi connectivity index (χ4n) is 1.92. The zero-order valence-electron chi connectivity index (χ0n) is 12.8. The second-order valence-electron chi connectivity index (χ2n) is 4.57. The quantitative estimate of drug-likeness (QED) is 0.650. The molecule has 0 spiro atoms. The summed E-state index contributed by atoms with van der Waals surface area (Å²) < 4.78 is 11.4. The standard InChI is InChI=1S/C15H17BrN4O2/c1-9-5-10(2)19-15(18-9)20-17-8-11-6-12(16)14(22-4)7-13(11)21-3/h5-8H,1-4H3,(H,18,19,20)/b17-8-. The van der Waals surface area contributed by atoms with Gasteiger partial charge in [0.1, 0.15) is 11.5 Å². The van der Waals surface area contributed by atoms with Gasteiger partial charge in [-0.15, -0.1) is 0 Å². The van der Waals surface area contributed by atoms with E-state index in [4.69, 9.17) is 9.47 Å². The number of nitrogens with zero attached hydrogens (tertiary/aromatic N) is 3. The Kier molecular flexibility index (Phi) is 5.32. The number of hydrogen-bond donors (Lipinski definition) is 1. The van der Waals surface area contributed by atoms with Gasteiger partial charge in [0, 0.05) is 23.0 Å². The summed E-state index contributed by atoms with van der Waals surface area (Å²) in [4.78, 5) is 8.51. The molecule has 0 bridgehead atoms. The number of halogens is 1. The first kappa shape index (κ1) is 16.2. The molecule has 1 N–H and O–H groups in total. The molecule has 1 aromatic heterocycles. The van der Waals surface area contributed by atoms with Crippen LogP contribution in [-0.4, -0.2) is 30.4 Å². The minimum Gasteiger partial charge on any atom is -0.496 e. The Bertz CT molecular complexity index is 684. The van der Waals surface area contributed by atoms with Crippen LogP contribution < -0.4 is 14.9 Å². The number of hydrogen-bond acceptors (Lipinski definition) is 6. The molecule has 0 aliphatic rings. The maximum Gasteiger partial charge on any atom is 0.243 e. The van der Waals surface area contributed by atoms with Gasteiger partial charge in [0.05, 0.1) is 24.9 Å². The number of nitrogens with one attached hydrogen (secondary N) is 1. The number of methoxy groups -OCH3 is 2. The third-order valence-corrected chi connectivity index (χ3v) is 3.47. The Morgan fingerprint density at radius 2 is 1.68 bits per heavy atom. The number of hydrazone groups is 1. The van der Waals surface area contributed by atoms with Crippen molar-refractivity contribution in [1.82, 2.24) is 9.97 Å². The van der Waals surface area contributed by atoms with Gasteiger partial charge < -0.3 is 9.47 Å². The van der Waals surface area contributed by atoms with Crippen molar-refractivity contribution in [3.05, 3.63) is 39.6 Å². The highest BCUT2D eigenvalue weighted by Crippen LogP contribution is 2.31. The van der Waals surface area contributed by atoms with Crippen molar-refractivity contribution in [3.8, 4) is 11.5 Å². The molecule has 0 aliphatic heterocycles. The van der Waals surface area contributed by atoms with Crippen LogP contribution >= 0.6 is 15.9 Å². The van der Waals surface area contributed by atoms with E-state index >= 15 is 0 Å². The van der Waals surface area contributed by atoms with Crippen LogP contribution in [0.1, 0.15) is 17.0 Å². The summed E-state index contributed by atoms with van der Waals surface area (Å²) >= 11 is 3.44. The number of aromatic nitrogens is 2. The van der Waals surface area contributed by atoms with E-state index in [1.165, 1.54) is 0 Å². The molecule has 0 unspecified atom stereocenters. The smallest absolute Gasteiger partial charge is 0.243 e. The zero-order valence-corrected chi connectivity index (χ0v) is 14.4. The molecule has 0 amide bonds. The van der Waals surface area contributed by atoms with Gasteiger partial charge in [-0.25, -0.2) is 15.4 Å². The number of benzene rings is 1. The molecule has 1 aromatic carbocycles. The molecule has 2 rings (SSSR count). The molecule has 0 atom stereocenters. The van der Waals surface area contributed by atoms with E-state index in [1.54, 1.807) is 26.5 Å². The van der Waals surface area contributed by atoms with Crippen LogP contribution in [0.25, 0.3) is 0 Å². The van der Waals surface area contributed by atoms with Gasteiger partial charge in [0.25, 0.3) is 0 Å². The van der Waals surface area contributed by atoms with Crippen molar-refractivity contribution in [2.75, 3.05) is 19.6 Å². The van der Waals surface area contributed by atoms with Crippen LogP contribution in [0.4, 0.5) is 5.95 Å². The second-order valence-corrected chi connectivity index (χ2v) is 5.43. The van der Waals surface area contributed by atoms with Gasteiger partial charge in [0.2, 0.25) is 5.95 Å². The molecular weight excluding hydrogens is 348 g/mol. The van der Waals surface area contributed by atoms with Crippen LogP contribution in [-0.2, 0) is 0 Å². The lowest BCUT2D eigenvalue weighted by atomic mass is 10.2. The maximum absolute atomic E-state index is 5.33. The first-order valence-electron chi connectivity index (χ1n) is 6.56. The number of aryl methyl sites for hydroxylation is 2. The summed E-state index contributed by atoms with van der Waals surface area (Å²) in [6.07, 6.45) is 1.64. The summed E-state index contributed by atoms with van der Waals surface area (Å²) in [7, 11) is 3.20. The molecule has 116 valence electrons. The van der Waals surface area contributed by atoms with E-state index in [-0.39, 0.29) is 0 Å². The van der Waals surface area contributed by atoms with E-state index in [0.717, 1.165) is 21.4 Å². The van der Waals surface area contributed by atoms with E-state index in [1.807, 2.05) is 26.0 Å². The molecule has 0 saturated heterocycles. The monoisotopic (exact) mass is 364 g/mol. The topological polar surface area (TPSA) is 68.6 Å². The van der Waals surface area contributed by atoms with E-state index < -0.39 is 0 Å². The van der Waals surface area contributed by atoms with Crippen molar-refractivity contribution < 1.29 is 9.47 Å². The van der Waals surface area contributed by atoms with Gasteiger partial charge in [-0.3, -0.25) is 0 Å². The lowest BCUT2D eigenvalue weighted by Gasteiger charge is -2.09. The molecule has 1 heterocycles. The molecule has 6 nitrogen and oxygen atoms in total. The molecule has 2 aromatic rings. The molecule has 0 aliphatic carbocycles. The highest BCUT2D eigenvalue weighted by Gasteiger charge is 2.08. The van der Waals surface area contributed by atoms with Gasteiger partial charge in [-0.2, -0.15) is 5.10 Å². The minimum absolute atomic E-state index is 0.459. The van der Waals surface area contributed by atoms with Gasteiger partial charge in [0.15, 0.2) is 0 Å². The lowest BCUT2D eigenvalue weighted by molar-refractivity contribution is 0.392. The summed E-state index contributed by atoms with van der Waals surface area (Å²) in [6.45, 7) is 3.82. The van der Waals surface area contributed by atoms with Crippen molar-refractivity contribution in [2.24, 2.45) is 5.10 Å². The first-order chi connectivity index (χ1) is 10.5. The summed E-state index contributed by atoms with van der Waals surface area (Å²) in [5.74, 6) is 1.81. The van der Waals surface area contributed by atoms with Crippen LogP contribution in [0.5, 0.6) is 11.5 Å². The fraction of sp³-hybridized carbons (Fsp3) is 0.267. The van der Waals surface area contributed by atoms with E-state index in [9.17, 15) is 0 Å². The fourth-order valence-corrected chi connectivity index (χ4v) is 2.44. The first-order valence-corrected chi connectivity index (χ1v) is 7.35. The van der Waals surface area contributed by atoms with Gasteiger partial charge in [-0.05, 0) is 41.9 Å². The van der Waals surface area contributed by atoms with Crippen molar-refractivity contribution in [2.45, 2.75) is 13.8 Å². The predicted molar refractivity (Wildman–Crippen MR) is 90.0 cm³/mol. The zero-order chi connectivity index (χ0) is 16.1. The van der Waals surface area contributed by atoms with E-state index in [2.05, 4.69) is 36.4 Å². The predicted octanol–water partition coefficient (Wildman–Crippen LogP) is 3.32. The molecule has 7 heteroatoms. The van der Waals surface area contributed by atoms with E-state index in [0.29, 0.717) is 17.4 Å². The minimum atomic E-state index is 0.459. The molecular formula is C15H17BrN4O2.